The lowest BCUT2D eigenvalue weighted by molar-refractivity contribution is -0.149. The van der Waals surface area contributed by atoms with Gasteiger partial charge in [0.25, 0.3) is 0 Å². The minimum Gasteiger partial charge on any atom is -0.466 e. The minimum absolute atomic E-state index is 0. The molecule has 0 amide bonds. The van der Waals surface area contributed by atoms with E-state index in [0.29, 0.717) is 13.2 Å². The van der Waals surface area contributed by atoms with E-state index in [1.165, 1.54) is 5.56 Å². The lowest BCUT2D eigenvalue weighted by Gasteiger charge is -2.33. The van der Waals surface area contributed by atoms with E-state index in [-0.39, 0.29) is 35.9 Å². The number of halogens is 1. The van der Waals surface area contributed by atoms with Gasteiger partial charge >= 0.3 is 5.97 Å². The van der Waals surface area contributed by atoms with Crippen LogP contribution in [0, 0.1) is 5.92 Å². The first-order valence-corrected chi connectivity index (χ1v) is 10.3. The van der Waals surface area contributed by atoms with E-state index in [0.717, 1.165) is 55.8 Å². The number of hydrogen-bond donors (Lipinski definition) is 1. The van der Waals surface area contributed by atoms with Crippen molar-refractivity contribution < 1.29 is 9.53 Å². The van der Waals surface area contributed by atoms with Gasteiger partial charge in [-0.2, -0.15) is 0 Å². The highest BCUT2D eigenvalue weighted by atomic mass is 127. The van der Waals surface area contributed by atoms with Gasteiger partial charge in [-0.05, 0) is 44.7 Å². The largest absolute Gasteiger partial charge is 0.466 e. The Kier molecular flexibility index (Phi) is 9.63. The number of guanidine groups is 1. The van der Waals surface area contributed by atoms with Crippen LogP contribution in [0.1, 0.15) is 32.3 Å². The molecule has 1 aliphatic rings. The number of para-hydroxylation sites is 1. The normalized spacial score (nSPS) is 15.1. The number of aromatic nitrogens is 1. The summed E-state index contributed by atoms with van der Waals surface area (Å²) in [6.45, 7) is 7.56. The predicted molar refractivity (Wildman–Crippen MR) is 128 cm³/mol. The van der Waals surface area contributed by atoms with Crippen LogP contribution in [0.3, 0.4) is 0 Å². The summed E-state index contributed by atoms with van der Waals surface area (Å²) in [5, 5.41) is 4.55. The molecule has 7 heteroatoms. The molecule has 0 bridgehead atoms. The van der Waals surface area contributed by atoms with Crippen LogP contribution in [0.25, 0.3) is 10.9 Å². The van der Waals surface area contributed by atoms with E-state index in [2.05, 4.69) is 46.4 Å². The Morgan fingerprint density at radius 3 is 2.72 bits per heavy atom. The van der Waals surface area contributed by atoms with Gasteiger partial charge in [0.2, 0.25) is 0 Å². The van der Waals surface area contributed by atoms with Gasteiger partial charge in [0.15, 0.2) is 5.96 Å². The van der Waals surface area contributed by atoms with Crippen LogP contribution in [0.4, 0.5) is 0 Å². The van der Waals surface area contributed by atoms with Crippen molar-refractivity contribution in [3.05, 3.63) is 42.1 Å². The Morgan fingerprint density at radius 1 is 1.24 bits per heavy atom. The highest BCUT2D eigenvalue weighted by Crippen LogP contribution is 2.19. The molecule has 2 heterocycles. The molecule has 29 heavy (non-hydrogen) atoms. The van der Waals surface area contributed by atoms with Crippen molar-refractivity contribution in [2.24, 2.45) is 10.9 Å². The van der Waals surface area contributed by atoms with Crippen molar-refractivity contribution in [3.8, 4) is 0 Å². The summed E-state index contributed by atoms with van der Waals surface area (Å²) in [6, 6.07) is 10.4. The maximum Gasteiger partial charge on any atom is 0.309 e. The Labute approximate surface area is 190 Å². The molecule has 0 radical (unpaired) electrons. The fourth-order valence-electron chi connectivity index (χ4n) is 3.66. The summed E-state index contributed by atoms with van der Waals surface area (Å²) in [5.74, 6) is 0.881. The topological polar surface area (TPSA) is 66.8 Å². The van der Waals surface area contributed by atoms with Crippen LogP contribution >= 0.6 is 24.0 Å². The summed E-state index contributed by atoms with van der Waals surface area (Å²) >= 11 is 0. The van der Waals surface area contributed by atoms with Gasteiger partial charge in [-0.15, -0.1) is 24.0 Å². The molecule has 1 aromatic heterocycles. The average molecular weight is 510 g/mol. The quantitative estimate of drug-likeness (QED) is 0.278. The number of benzene rings is 1. The number of pyridine rings is 1. The number of nitrogens with one attached hydrogen (secondary N) is 1. The Balaban J connectivity index is 0.00000300. The fourth-order valence-corrected chi connectivity index (χ4v) is 3.66. The molecule has 2 aromatic rings. The van der Waals surface area contributed by atoms with Crippen LogP contribution in [-0.2, 0) is 16.0 Å². The zero-order valence-corrected chi connectivity index (χ0v) is 19.6. The second-order valence-corrected chi connectivity index (χ2v) is 6.99. The molecule has 0 saturated carbocycles. The number of carbonyl (C=O) groups excluding carboxylic acids is 1. The van der Waals surface area contributed by atoms with Gasteiger partial charge in [-0.25, -0.2) is 0 Å². The molecule has 0 unspecified atom stereocenters. The van der Waals surface area contributed by atoms with Crippen molar-refractivity contribution >= 4 is 46.8 Å². The lowest BCUT2D eigenvalue weighted by Crippen LogP contribution is -2.46. The average Bonchev–Trinajstić information content (AvgIpc) is 2.73. The lowest BCUT2D eigenvalue weighted by atomic mass is 9.97. The third-order valence-corrected chi connectivity index (χ3v) is 5.11. The molecule has 1 aromatic carbocycles. The molecule has 158 valence electrons. The monoisotopic (exact) mass is 510 g/mol. The standard InChI is InChI=1S/C22H30N4O2.HI/c1-3-23-22(26-15-11-19(12-16-26)21(27)28-4-2)25-14-10-18-8-5-7-17-9-6-13-24-20(17)18;/h5-9,13,19H,3-4,10-12,14-16H2,1-2H3,(H,23,25);1H. The van der Waals surface area contributed by atoms with Crippen molar-refractivity contribution in [1.29, 1.82) is 0 Å². The summed E-state index contributed by atoms with van der Waals surface area (Å²) in [6.07, 6.45) is 4.32. The number of nitrogens with zero attached hydrogens (tertiary/aromatic N) is 3. The number of ether oxygens (including phenoxy) is 1. The first kappa shape index (κ1) is 23.4. The molecule has 1 fully saturated rings. The summed E-state index contributed by atoms with van der Waals surface area (Å²) in [4.78, 5) is 23.6. The zero-order valence-electron chi connectivity index (χ0n) is 17.3. The van der Waals surface area contributed by atoms with Gasteiger partial charge in [0.05, 0.1) is 18.0 Å². The van der Waals surface area contributed by atoms with E-state index in [9.17, 15) is 4.79 Å². The first-order valence-electron chi connectivity index (χ1n) is 10.3. The number of carbonyl (C=O) groups is 1. The number of aliphatic imine (C=N–C) groups is 1. The van der Waals surface area contributed by atoms with Crippen LogP contribution < -0.4 is 5.32 Å². The maximum atomic E-state index is 11.9. The maximum absolute atomic E-state index is 11.9. The van der Waals surface area contributed by atoms with Crippen LogP contribution in [0.2, 0.25) is 0 Å². The smallest absolute Gasteiger partial charge is 0.309 e. The SMILES string of the molecule is CCNC(=NCCc1cccc2cccnc12)N1CCC(C(=O)OCC)CC1.I. The van der Waals surface area contributed by atoms with Crippen LogP contribution in [-0.4, -0.2) is 54.6 Å². The molecular formula is C22H31IN4O2. The molecule has 0 atom stereocenters. The van der Waals surface area contributed by atoms with Crippen molar-refractivity contribution in [2.45, 2.75) is 33.1 Å². The Hall–Kier alpha value is -1.90. The minimum atomic E-state index is -0.0625. The molecule has 0 aliphatic carbocycles. The van der Waals surface area contributed by atoms with E-state index in [1.54, 1.807) is 0 Å². The van der Waals surface area contributed by atoms with E-state index in [1.807, 2.05) is 19.2 Å². The van der Waals surface area contributed by atoms with Crippen LogP contribution in [0.5, 0.6) is 0 Å². The van der Waals surface area contributed by atoms with Crippen molar-refractivity contribution in [3.63, 3.8) is 0 Å². The summed E-state index contributed by atoms with van der Waals surface area (Å²) in [7, 11) is 0. The first-order chi connectivity index (χ1) is 13.7. The fraction of sp³-hybridized carbons (Fsp3) is 0.500. The van der Waals surface area contributed by atoms with Gasteiger partial charge in [0.1, 0.15) is 0 Å². The van der Waals surface area contributed by atoms with E-state index >= 15 is 0 Å². The number of likely N-dealkylation sites (tertiary alicyclic amines) is 1. The third-order valence-electron chi connectivity index (χ3n) is 5.11. The van der Waals surface area contributed by atoms with E-state index in [4.69, 9.17) is 9.73 Å². The highest BCUT2D eigenvalue weighted by molar-refractivity contribution is 14.0. The highest BCUT2D eigenvalue weighted by Gasteiger charge is 2.27. The zero-order chi connectivity index (χ0) is 19.8. The van der Waals surface area contributed by atoms with Crippen molar-refractivity contribution in [2.75, 3.05) is 32.8 Å². The number of piperidine rings is 1. The Bertz CT molecular complexity index is 814. The Morgan fingerprint density at radius 2 is 2.00 bits per heavy atom. The number of esters is 1. The molecular weight excluding hydrogens is 479 g/mol. The number of hydrogen-bond acceptors (Lipinski definition) is 4. The molecule has 1 N–H and O–H groups in total. The number of rotatable bonds is 6. The summed E-state index contributed by atoms with van der Waals surface area (Å²) < 4.78 is 5.16. The summed E-state index contributed by atoms with van der Waals surface area (Å²) in [5.41, 5.74) is 2.28. The molecule has 3 rings (SSSR count). The third kappa shape index (κ3) is 6.29. The second-order valence-electron chi connectivity index (χ2n) is 6.99. The molecule has 1 saturated heterocycles. The predicted octanol–water partition coefficient (Wildman–Crippen LogP) is 3.64. The van der Waals surface area contributed by atoms with Gasteiger partial charge in [-0.3, -0.25) is 14.8 Å². The molecule has 6 nitrogen and oxygen atoms in total. The second kappa shape index (κ2) is 11.9. The van der Waals surface area contributed by atoms with Gasteiger partial charge < -0.3 is 15.0 Å². The molecule has 1 aliphatic heterocycles. The van der Waals surface area contributed by atoms with Gasteiger partial charge in [0, 0.05) is 37.8 Å². The van der Waals surface area contributed by atoms with Gasteiger partial charge in [-0.1, -0.05) is 24.3 Å². The van der Waals surface area contributed by atoms with E-state index < -0.39 is 0 Å². The van der Waals surface area contributed by atoms with Crippen LogP contribution in [0.15, 0.2) is 41.5 Å². The molecule has 0 spiro atoms. The van der Waals surface area contributed by atoms with Crippen molar-refractivity contribution in [1.82, 2.24) is 15.2 Å². The number of fused-ring (bicyclic) bond motifs is 1.